The number of hydrogen-bond donors (Lipinski definition) is 0. The fourth-order valence-electron chi connectivity index (χ4n) is 2.67. The van der Waals surface area contributed by atoms with E-state index < -0.39 is 0 Å². The third-order valence-corrected chi connectivity index (χ3v) is 3.39. The summed E-state index contributed by atoms with van der Waals surface area (Å²) in [6, 6.07) is 21.9. The Morgan fingerprint density at radius 1 is 0.389 bits per heavy atom. The Kier molecular flexibility index (Phi) is 3.42. The maximum absolute atomic E-state index is 2.21. The Morgan fingerprint density at radius 2 is 0.667 bits per heavy atom. The van der Waals surface area contributed by atoms with Crippen molar-refractivity contribution in [2.45, 2.75) is 0 Å². The highest BCUT2D eigenvalue weighted by Gasteiger charge is 2.05. The molecule has 0 amide bonds. The van der Waals surface area contributed by atoms with Gasteiger partial charge in [-0.2, -0.15) is 27.0 Å². The van der Waals surface area contributed by atoms with Crippen LogP contribution in [-0.2, 0) is 0 Å². The summed E-state index contributed by atoms with van der Waals surface area (Å²) in [5, 5.41) is 8.14. The summed E-state index contributed by atoms with van der Waals surface area (Å²) in [6.07, 6.45) is 0. The minimum atomic E-state index is 0. The molecule has 0 aliphatic carbocycles. The topological polar surface area (TPSA) is 0 Å². The van der Waals surface area contributed by atoms with Gasteiger partial charge in [-0.3, -0.25) is 0 Å². The average Bonchev–Trinajstić information content (AvgIpc) is 2.36. The molecule has 0 heterocycles. The van der Waals surface area contributed by atoms with Crippen molar-refractivity contribution in [3.63, 3.8) is 0 Å². The summed E-state index contributed by atoms with van der Waals surface area (Å²) in [5.74, 6) is 0. The monoisotopic (exact) mass is 270 g/mol. The first-order valence-electron chi connectivity index (χ1n) is 5.56. The van der Waals surface area contributed by atoms with Crippen LogP contribution in [0.25, 0.3) is 32.3 Å². The van der Waals surface area contributed by atoms with E-state index in [0.29, 0.717) is 0 Å². The second-order valence-corrected chi connectivity index (χ2v) is 4.29. The second-order valence-electron chi connectivity index (χ2n) is 4.29. The molecular weight excluding hydrogens is 256 g/mol. The van der Waals surface area contributed by atoms with E-state index in [-0.39, 0.29) is 27.0 Å². The van der Waals surface area contributed by atoms with Gasteiger partial charge in [-0.1, -0.05) is 60.7 Å². The van der Waals surface area contributed by atoms with Crippen LogP contribution in [0.4, 0.5) is 0 Å². The predicted molar refractivity (Wildman–Crippen MR) is 90.9 cm³/mol. The molecule has 90 valence electrons. The van der Waals surface area contributed by atoms with Crippen molar-refractivity contribution in [1.82, 2.24) is 0 Å². The first-order chi connectivity index (χ1) is 7.93. The lowest BCUT2D eigenvalue weighted by Gasteiger charge is -2.09. The van der Waals surface area contributed by atoms with E-state index in [0.717, 1.165) is 0 Å². The van der Waals surface area contributed by atoms with E-state index in [1.807, 2.05) is 0 Å². The maximum atomic E-state index is 2.21. The molecule has 0 bridgehead atoms. The molecular formula is C16H14S2. The average molecular weight is 270 g/mol. The molecule has 0 N–H and O–H groups in total. The molecule has 0 aliphatic rings. The Labute approximate surface area is 120 Å². The highest BCUT2D eigenvalue weighted by atomic mass is 32.1. The van der Waals surface area contributed by atoms with Crippen molar-refractivity contribution in [3.8, 4) is 0 Å². The molecule has 0 fully saturated rings. The van der Waals surface area contributed by atoms with E-state index >= 15 is 0 Å². The molecule has 0 unspecified atom stereocenters. The van der Waals surface area contributed by atoms with Crippen molar-refractivity contribution in [2.24, 2.45) is 0 Å². The van der Waals surface area contributed by atoms with Crippen molar-refractivity contribution in [2.75, 3.05) is 0 Å². The molecule has 18 heavy (non-hydrogen) atoms. The van der Waals surface area contributed by atoms with E-state index in [2.05, 4.69) is 60.7 Å². The molecule has 4 aromatic carbocycles. The molecule has 0 saturated carbocycles. The Bertz CT molecular complexity index is 676. The first-order valence-corrected chi connectivity index (χ1v) is 5.56. The van der Waals surface area contributed by atoms with Gasteiger partial charge in [0.05, 0.1) is 0 Å². The third-order valence-electron chi connectivity index (χ3n) is 3.39. The van der Waals surface area contributed by atoms with Crippen LogP contribution in [0.5, 0.6) is 0 Å². The lowest BCUT2D eigenvalue weighted by Crippen LogP contribution is -1.82. The normalized spacial score (nSPS) is 10.4. The molecule has 0 atom stereocenters. The summed E-state index contributed by atoms with van der Waals surface area (Å²) in [7, 11) is 0. The zero-order valence-corrected chi connectivity index (χ0v) is 11.8. The third kappa shape index (κ3) is 1.64. The number of benzene rings is 4. The molecule has 0 spiro atoms. The lowest BCUT2D eigenvalue weighted by atomic mass is 9.95. The van der Waals surface area contributed by atoms with Gasteiger partial charge in [0.2, 0.25) is 0 Å². The number of rotatable bonds is 0. The van der Waals surface area contributed by atoms with Crippen LogP contribution < -0.4 is 0 Å². The molecule has 0 radical (unpaired) electrons. The Hall–Kier alpha value is -1.38. The van der Waals surface area contributed by atoms with Gasteiger partial charge in [-0.05, 0) is 32.3 Å². The predicted octanol–water partition coefficient (Wildman–Crippen LogP) is 4.81. The van der Waals surface area contributed by atoms with Crippen LogP contribution in [0, 0.1) is 0 Å². The van der Waals surface area contributed by atoms with Gasteiger partial charge >= 0.3 is 0 Å². The van der Waals surface area contributed by atoms with E-state index in [9.17, 15) is 0 Å². The second kappa shape index (κ2) is 4.71. The summed E-state index contributed by atoms with van der Waals surface area (Å²) in [4.78, 5) is 0. The minimum absolute atomic E-state index is 0. The van der Waals surface area contributed by atoms with E-state index in [4.69, 9.17) is 0 Å². The quantitative estimate of drug-likeness (QED) is 0.402. The van der Waals surface area contributed by atoms with Gasteiger partial charge in [0.1, 0.15) is 0 Å². The molecule has 0 aliphatic heterocycles. The SMILES string of the molecule is S.S.c1cc2ccc3cccc4ccc(c1)c2c34. The van der Waals surface area contributed by atoms with Crippen molar-refractivity contribution < 1.29 is 0 Å². The van der Waals surface area contributed by atoms with Crippen LogP contribution in [0.3, 0.4) is 0 Å². The minimum Gasteiger partial charge on any atom is -0.197 e. The van der Waals surface area contributed by atoms with Crippen LogP contribution in [-0.4, -0.2) is 0 Å². The van der Waals surface area contributed by atoms with Crippen LogP contribution in [0.15, 0.2) is 60.7 Å². The lowest BCUT2D eigenvalue weighted by molar-refractivity contribution is 1.78. The van der Waals surface area contributed by atoms with Crippen molar-refractivity contribution in [3.05, 3.63) is 60.7 Å². The molecule has 4 aromatic rings. The van der Waals surface area contributed by atoms with E-state index in [1.54, 1.807) is 0 Å². The molecule has 0 saturated heterocycles. The van der Waals surface area contributed by atoms with Gasteiger partial charge in [0.15, 0.2) is 0 Å². The first kappa shape index (κ1) is 13.1. The molecule has 0 aromatic heterocycles. The number of hydrogen-bond acceptors (Lipinski definition) is 0. The highest BCUT2D eigenvalue weighted by molar-refractivity contribution is 7.59. The van der Waals surface area contributed by atoms with Gasteiger partial charge < -0.3 is 0 Å². The molecule has 4 rings (SSSR count). The fraction of sp³-hybridized carbons (Fsp3) is 0. The fourth-order valence-corrected chi connectivity index (χ4v) is 2.67. The molecule has 0 nitrogen and oxygen atoms in total. The maximum Gasteiger partial charge on any atom is -0.00268 e. The largest absolute Gasteiger partial charge is 0.197 e. The van der Waals surface area contributed by atoms with Gasteiger partial charge in [-0.25, -0.2) is 0 Å². The highest BCUT2D eigenvalue weighted by Crippen LogP contribution is 2.33. The summed E-state index contributed by atoms with van der Waals surface area (Å²) in [6.45, 7) is 0. The Morgan fingerprint density at radius 3 is 0.944 bits per heavy atom. The van der Waals surface area contributed by atoms with Crippen molar-refractivity contribution >= 4 is 59.3 Å². The van der Waals surface area contributed by atoms with Gasteiger partial charge in [-0.15, -0.1) is 0 Å². The van der Waals surface area contributed by atoms with Crippen LogP contribution >= 0.6 is 27.0 Å². The van der Waals surface area contributed by atoms with E-state index in [1.165, 1.54) is 32.3 Å². The smallest absolute Gasteiger partial charge is 0.00268 e. The zero-order valence-electron chi connectivity index (χ0n) is 9.77. The van der Waals surface area contributed by atoms with Crippen LogP contribution in [0.1, 0.15) is 0 Å². The van der Waals surface area contributed by atoms with Gasteiger partial charge in [0.25, 0.3) is 0 Å². The summed E-state index contributed by atoms with van der Waals surface area (Å²) >= 11 is 0. The summed E-state index contributed by atoms with van der Waals surface area (Å²) < 4.78 is 0. The Balaban J connectivity index is 0.000000602. The van der Waals surface area contributed by atoms with Gasteiger partial charge in [0, 0.05) is 0 Å². The molecule has 2 heteroatoms. The summed E-state index contributed by atoms with van der Waals surface area (Å²) in [5.41, 5.74) is 0. The zero-order chi connectivity index (χ0) is 10.5. The van der Waals surface area contributed by atoms with Crippen LogP contribution in [0.2, 0.25) is 0 Å². The standard InChI is InChI=1S/C16H10.2H2S/c1-3-11-7-9-13-5-2-6-14-10-8-12(4-1)15(11)16(13)14;;/h1-10H;2*1H2. The van der Waals surface area contributed by atoms with Crippen molar-refractivity contribution in [1.29, 1.82) is 0 Å².